The Hall–Kier alpha value is -2.31. The molecule has 2 aliphatic heterocycles. The van der Waals surface area contributed by atoms with E-state index < -0.39 is 0 Å². The molecule has 1 N–H and O–H groups in total. The van der Waals surface area contributed by atoms with Gasteiger partial charge in [0.15, 0.2) is 0 Å². The molecule has 2 fully saturated rings. The van der Waals surface area contributed by atoms with Crippen molar-refractivity contribution in [1.82, 2.24) is 25.0 Å². The van der Waals surface area contributed by atoms with E-state index in [4.69, 9.17) is 4.98 Å². The maximum Gasteiger partial charge on any atom is 0.0705 e. The van der Waals surface area contributed by atoms with Crippen LogP contribution in [0, 0.1) is 0 Å². The molecular weight excluding hydrogens is 466 g/mol. The molecule has 2 aromatic carbocycles. The quantitative estimate of drug-likeness (QED) is 0.411. The van der Waals surface area contributed by atoms with E-state index in [9.17, 15) is 0 Å². The monoisotopic (exact) mass is 513 g/mol. The fraction of sp³-hybridized carbons (Fsp3) is 0.545. The first-order valence-electron chi connectivity index (χ1n) is 14.7. The number of benzene rings is 2. The molecule has 3 heterocycles. The number of hydrogen-bond donors (Lipinski definition) is 1. The number of likely N-dealkylation sites (tertiary alicyclic amines) is 1. The number of piperidine rings is 1. The van der Waals surface area contributed by atoms with Crippen molar-refractivity contribution >= 4 is 10.9 Å². The zero-order valence-corrected chi connectivity index (χ0v) is 24.2. The molecule has 5 heteroatoms. The molecule has 5 rings (SSSR count). The molecule has 38 heavy (non-hydrogen) atoms. The van der Waals surface area contributed by atoms with Gasteiger partial charge >= 0.3 is 0 Å². The SMILES string of the molecule is CCCC(c1cnc2cc(CN3CCC(c4ccccc4)(N(C)C)CC3)ccc2c1)N1C[C@@H](C)N[C@@H](C)C1. The van der Waals surface area contributed by atoms with Gasteiger partial charge in [-0.3, -0.25) is 19.7 Å². The molecule has 0 spiro atoms. The highest BCUT2D eigenvalue weighted by molar-refractivity contribution is 5.79. The van der Waals surface area contributed by atoms with Crippen LogP contribution >= 0.6 is 0 Å². The van der Waals surface area contributed by atoms with Crippen LogP contribution in [0.3, 0.4) is 0 Å². The fourth-order valence-corrected chi connectivity index (χ4v) is 7.00. The summed E-state index contributed by atoms with van der Waals surface area (Å²) in [6.07, 6.45) is 6.82. The molecule has 3 aromatic rings. The van der Waals surface area contributed by atoms with Crippen LogP contribution in [0.1, 0.15) is 69.2 Å². The average molecular weight is 514 g/mol. The molecule has 2 aliphatic rings. The van der Waals surface area contributed by atoms with Crippen molar-refractivity contribution in [3.05, 3.63) is 77.5 Å². The number of aromatic nitrogens is 1. The summed E-state index contributed by atoms with van der Waals surface area (Å²) >= 11 is 0. The first-order valence-corrected chi connectivity index (χ1v) is 14.7. The van der Waals surface area contributed by atoms with Crippen LogP contribution in [0.15, 0.2) is 60.8 Å². The Morgan fingerprint density at radius 1 is 1.00 bits per heavy atom. The molecular formula is C33H47N5. The predicted molar refractivity (Wildman–Crippen MR) is 159 cm³/mol. The highest BCUT2D eigenvalue weighted by Crippen LogP contribution is 2.38. The molecule has 0 radical (unpaired) electrons. The lowest BCUT2D eigenvalue weighted by atomic mass is 9.79. The van der Waals surface area contributed by atoms with E-state index >= 15 is 0 Å². The molecule has 2 saturated heterocycles. The number of pyridine rings is 1. The van der Waals surface area contributed by atoms with Crippen LogP contribution in [-0.4, -0.2) is 72.0 Å². The fourth-order valence-electron chi connectivity index (χ4n) is 7.00. The predicted octanol–water partition coefficient (Wildman–Crippen LogP) is 5.81. The molecule has 0 amide bonds. The van der Waals surface area contributed by atoms with Crippen molar-refractivity contribution in [3.63, 3.8) is 0 Å². The molecule has 0 aliphatic carbocycles. The molecule has 1 aromatic heterocycles. The average Bonchev–Trinajstić information content (AvgIpc) is 2.92. The summed E-state index contributed by atoms with van der Waals surface area (Å²) < 4.78 is 0. The Morgan fingerprint density at radius 3 is 2.37 bits per heavy atom. The third kappa shape index (κ3) is 5.81. The van der Waals surface area contributed by atoms with E-state index in [1.54, 1.807) is 0 Å². The van der Waals surface area contributed by atoms with E-state index in [0.717, 1.165) is 51.1 Å². The van der Waals surface area contributed by atoms with Crippen molar-refractivity contribution in [2.24, 2.45) is 0 Å². The lowest BCUT2D eigenvalue weighted by Gasteiger charge is -2.46. The van der Waals surface area contributed by atoms with Gasteiger partial charge in [0.1, 0.15) is 0 Å². The summed E-state index contributed by atoms with van der Waals surface area (Å²) in [5.41, 5.74) is 5.43. The van der Waals surface area contributed by atoms with Crippen molar-refractivity contribution in [3.8, 4) is 0 Å². The van der Waals surface area contributed by atoms with Crippen LogP contribution in [0.4, 0.5) is 0 Å². The number of hydrogen-bond acceptors (Lipinski definition) is 5. The maximum atomic E-state index is 4.99. The first kappa shape index (κ1) is 27.3. The van der Waals surface area contributed by atoms with Crippen molar-refractivity contribution < 1.29 is 0 Å². The Morgan fingerprint density at radius 2 is 1.71 bits per heavy atom. The van der Waals surface area contributed by atoms with Crippen LogP contribution in [0.25, 0.3) is 10.9 Å². The normalized spacial score (nSPS) is 23.6. The van der Waals surface area contributed by atoms with E-state index in [2.05, 4.69) is 116 Å². The Labute approximate surface area is 230 Å². The second kappa shape index (κ2) is 11.8. The van der Waals surface area contributed by atoms with E-state index in [1.807, 2.05) is 0 Å². The van der Waals surface area contributed by atoms with E-state index in [1.165, 1.54) is 34.9 Å². The standard InChI is InChI=1S/C33H47N5/c1-6-10-32(38-22-25(2)35-26(3)23-38)29-20-28-14-13-27(19-31(28)34-21-29)24-37-17-15-33(16-18-37,36(4)5)30-11-8-7-9-12-30/h7-9,11-14,19-21,25-26,32,35H,6,10,15-18,22-24H2,1-5H3/t25-,26+,32?. The topological polar surface area (TPSA) is 34.6 Å². The maximum absolute atomic E-state index is 4.99. The van der Waals surface area contributed by atoms with Gasteiger partial charge in [-0.05, 0) is 76.0 Å². The molecule has 0 bridgehead atoms. The second-order valence-electron chi connectivity index (χ2n) is 12.1. The van der Waals surface area contributed by atoms with E-state index in [-0.39, 0.29) is 5.54 Å². The highest BCUT2D eigenvalue weighted by atomic mass is 15.2. The van der Waals surface area contributed by atoms with Gasteiger partial charge in [0.05, 0.1) is 5.52 Å². The third-order valence-corrected chi connectivity index (χ3v) is 9.00. The summed E-state index contributed by atoms with van der Waals surface area (Å²) in [6, 6.07) is 21.9. The zero-order chi connectivity index (χ0) is 26.7. The van der Waals surface area contributed by atoms with Crippen LogP contribution in [-0.2, 0) is 12.1 Å². The minimum atomic E-state index is 0.133. The van der Waals surface area contributed by atoms with Gasteiger partial charge in [0.2, 0.25) is 0 Å². The van der Waals surface area contributed by atoms with Gasteiger partial charge in [0, 0.05) is 68.0 Å². The minimum absolute atomic E-state index is 0.133. The third-order valence-electron chi connectivity index (χ3n) is 9.00. The van der Waals surface area contributed by atoms with Crippen molar-refractivity contribution in [1.29, 1.82) is 0 Å². The first-order chi connectivity index (χ1) is 18.4. The van der Waals surface area contributed by atoms with Crippen LogP contribution < -0.4 is 5.32 Å². The van der Waals surface area contributed by atoms with E-state index in [0.29, 0.717) is 18.1 Å². The van der Waals surface area contributed by atoms with Gasteiger partial charge in [-0.15, -0.1) is 0 Å². The summed E-state index contributed by atoms with van der Waals surface area (Å²) in [4.78, 5) is 12.7. The van der Waals surface area contributed by atoms with Crippen molar-refractivity contribution in [2.75, 3.05) is 40.3 Å². The molecule has 5 nitrogen and oxygen atoms in total. The molecule has 204 valence electrons. The van der Waals surface area contributed by atoms with Crippen molar-refractivity contribution in [2.45, 2.75) is 76.7 Å². The lowest BCUT2D eigenvalue weighted by Crippen LogP contribution is -2.55. The molecule has 1 unspecified atom stereocenters. The van der Waals surface area contributed by atoms with Gasteiger partial charge in [-0.25, -0.2) is 0 Å². The zero-order valence-electron chi connectivity index (χ0n) is 24.2. The van der Waals surface area contributed by atoms with Gasteiger partial charge in [-0.1, -0.05) is 55.8 Å². The number of nitrogens with one attached hydrogen (secondary N) is 1. The summed E-state index contributed by atoms with van der Waals surface area (Å²) in [5, 5.41) is 4.94. The number of fused-ring (bicyclic) bond motifs is 1. The lowest BCUT2D eigenvalue weighted by molar-refractivity contribution is 0.0507. The van der Waals surface area contributed by atoms with Gasteiger partial charge in [0.25, 0.3) is 0 Å². The second-order valence-corrected chi connectivity index (χ2v) is 12.1. The Bertz CT molecular complexity index is 1170. The number of rotatable bonds is 8. The highest BCUT2D eigenvalue weighted by Gasteiger charge is 2.38. The Kier molecular flexibility index (Phi) is 8.49. The van der Waals surface area contributed by atoms with Gasteiger partial charge in [-0.2, -0.15) is 0 Å². The smallest absolute Gasteiger partial charge is 0.0705 e. The number of piperazine rings is 1. The molecule has 3 atom stereocenters. The minimum Gasteiger partial charge on any atom is -0.309 e. The van der Waals surface area contributed by atoms with Crippen LogP contribution in [0.2, 0.25) is 0 Å². The van der Waals surface area contributed by atoms with Gasteiger partial charge < -0.3 is 5.32 Å². The Balaban J connectivity index is 1.28. The summed E-state index contributed by atoms with van der Waals surface area (Å²) in [7, 11) is 4.47. The molecule has 0 saturated carbocycles. The summed E-state index contributed by atoms with van der Waals surface area (Å²) in [5.74, 6) is 0. The summed E-state index contributed by atoms with van der Waals surface area (Å²) in [6.45, 7) is 12.3. The van der Waals surface area contributed by atoms with Crippen LogP contribution in [0.5, 0.6) is 0 Å². The number of nitrogens with zero attached hydrogens (tertiary/aromatic N) is 4. The largest absolute Gasteiger partial charge is 0.309 e.